The number of ether oxygens (including phenoxy) is 1. The number of rotatable bonds is 8. The van der Waals surface area contributed by atoms with Crippen LogP contribution in [0.3, 0.4) is 0 Å². The highest BCUT2D eigenvalue weighted by Crippen LogP contribution is 2.26. The van der Waals surface area contributed by atoms with E-state index in [1.54, 1.807) is 25.1 Å². The quantitative estimate of drug-likeness (QED) is 0.553. The van der Waals surface area contributed by atoms with E-state index in [4.69, 9.17) is 27.9 Å². The van der Waals surface area contributed by atoms with Gasteiger partial charge >= 0.3 is 5.97 Å². The molecule has 0 radical (unpaired) electrons. The van der Waals surface area contributed by atoms with E-state index in [0.717, 1.165) is 12.8 Å². The molecule has 1 aliphatic carbocycles. The molecule has 10 heteroatoms. The van der Waals surface area contributed by atoms with E-state index >= 15 is 0 Å². The van der Waals surface area contributed by atoms with Gasteiger partial charge in [-0.1, -0.05) is 35.3 Å². The first-order chi connectivity index (χ1) is 14.6. The summed E-state index contributed by atoms with van der Waals surface area (Å²) in [5.74, 6) is -1.32. The molecule has 0 spiro atoms. The van der Waals surface area contributed by atoms with Crippen molar-refractivity contribution in [3.8, 4) is 0 Å². The minimum absolute atomic E-state index is 0.0306. The topological polar surface area (TPSA) is 102 Å². The van der Waals surface area contributed by atoms with E-state index in [-0.39, 0.29) is 16.5 Å². The Morgan fingerprint density at radius 2 is 1.81 bits per heavy atom. The number of benzene rings is 2. The van der Waals surface area contributed by atoms with Gasteiger partial charge in [0.25, 0.3) is 5.91 Å². The highest BCUT2D eigenvalue weighted by Gasteiger charge is 2.29. The van der Waals surface area contributed by atoms with Crippen LogP contribution in [0.4, 0.5) is 0 Å². The van der Waals surface area contributed by atoms with Gasteiger partial charge in [-0.15, -0.1) is 0 Å². The van der Waals surface area contributed by atoms with Crippen molar-refractivity contribution in [2.24, 2.45) is 0 Å². The van der Waals surface area contributed by atoms with Crippen molar-refractivity contribution in [2.75, 3.05) is 0 Å². The second-order valence-electron chi connectivity index (χ2n) is 7.37. The van der Waals surface area contributed by atoms with E-state index in [9.17, 15) is 18.0 Å². The first kappa shape index (κ1) is 23.5. The molecule has 0 saturated heterocycles. The molecule has 1 saturated carbocycles. The van der Waals surface area contributed by atoms with Gasteiger partial charge in [0.1, 0.15) is 0 Å². The van der Waals surface area contributed by atoms with Crippen LogP contribution >= 0.6 is 23.2 Å². The lowest BCUT2D eigenvalue weighted by atomic mass is 10.1. The molecule has 0 aliphatic heterocycles. The van der Waals surface area contributed by atoms with Crippen LogP contribution in [0, 0.1) is 0 Å². The number of halogens is 2. The van der Waals surface area contributed by atoms with Gasteiger partial charge in [0.2, 0.25) is 10.0 Å². The van der Waals surface area contributed by atoms with Crippen molar-refractivity contribution in [3.05, 3.63) is 63.6 Å². The molecule has 31 heavy (non-hydrogen) atoms. The van der Waals surface area contributed by atoms with Crippen LogP contribution in [-0.4, -0.2) is 32.4 Å². The maximum Gasteiger partial charge on any atom is 0.338 e. The van der Waals surface area contributed by atoms with Gasteiger partial charge in [-0.2, -0.15) is 0 Å². The van der Waals surface area contributed by atoms with Crippen LogP contribution in [0.1, 0.15) is 48.7 Å². The van der Waals surface area contributed by atoms with Crippen molar-refractivity contribution in [1.29, 1.82) is 0 Å². The van der Waals surface area contributed by atoms with Gasteiger partial charge in [-0.3, -0.25) is 4.79 Å². The first-order valence-electron chi connectivity index (χ1n) is 9.65. The summed E-state index contributed by atoms with van der Waals surface area (Å²) in [5, 5.41) is 3.61. The Balaban J connectivity index is 1.63. The van der Waals surface area contributed by atoms with E-state index in [1.165, 1.54) is 31.2 Å². The third-order valence-corrected chi connectivity index (χ3v) is 6.80. The summed E-state index contributed by atoms with van der Waals surface area (Å²) in [5.41, 5.74) is 0.700. The van der Waals surface area contributed by atoms with Crippen LogP contribution in [0.25, 0.3) is 0 Å². The average molecular weight is 485 g/mol. The Kier molecular flexibility index (Phi) is 7.26. The van der Waals surface area contributed by atoms with Crippen molar-refractivity contribution in [3.63, 3.8) is 0 Å². The highest BCUT2D eigenvalue weighted by molar-refractivity contribution is 7.89. The Hall–Kier alpha value is -2.13. The highest BCUT2D eigenvalue weighted by atomic mass is 35.5. The number of hydrogen-bond donors (Lipinski definition) is 2. The van der Waals surface area contributed by atoms with Crippen LogP contribution in [-0.2, 0) is 19.6 Å². The predicted molar refractivity (Wildman–Crippen MR) is 118 cm³/mol. The lowest BCUT2D eigenvalue weighted by Crippen LogP contribution is -2.37. The number of amides is 1. The molecule has 0 aromatic heterocycles. The molecule has 2 aromatic carbocycles. The maximum absolute atomic E-state index is 12.5. The number of nitrogens with one attached hydrogen (secondary N) is 2. The smallest absolute Gasteiger partial charge is 0.338 e. The van der Waals surface area contributed by atoms with Gasteiger partial charge < -0.3 is 10.1 Å². The number of hydrogen-bond acceptors (Lipinski definition) is 5. The standard InChI is InChI=1S/C21H22Cl2N2O5S/c1-12(18-9-6-15(22)11-19(18)23)24-20(26)13(2)30-21(27)14-4-3-5-17(10-14)31(28,29)25-16-7-8-16/h3-6,9-13,16,25H,7-8H2,1-2H3,(H,24,26). The minimum Gasteiger partial charge on any atom is -0.449 e. The van der Waals surface area contributed by atoms with E-state index in [2.05, 4.69) is 10.0 Å². The largest absolute Gasteiger partial charge is 0.449 e. The van der Waals surface area contributed by atoms with E-state index in [1.807, 2.05) is 0 Å². The van der Waals surface area contributed by atoms with E-state index < -0.39 is 34.0 Å². The summed E-state index contributed by atoms with van der Waals surface area (Å²) in [7, 11) is -3.71. The zero-order valence-electron chi connectivity index (χ0n) is 16.9. The fourth-order valence-electron chi connectivity index (χ4n) is 2.82. The molecule has 7 nitrogen and oxygen atoms in total. The van der Waals surface area contributed by atoms with Crippen LogP contribution in [0.15, 0.2) is 47.4 Å². The molecule has 166 valence electrons. The molecule has 2 aromatic rings. The Labute approximate surface area is 191 Å². The molecule has 2 N–H and O–H groups in total. The molecule has 2 atom stereocenters. The fourth-order valence-corrected chi connectivity index (χ4v) is 4.74. The summed E-state index contributed by atoms with van der Waals surface area (Å²) >= 11 is 12.1. The zero-order valence-corrected chi connectivity index (χ0v) is 19.2. The lowest BCUT2D eigenvalue weighted by Gasteiger charge is -2.19. The zero-order chi connectivity index (χ0) is 22.8. The van der Waals surface area contributed by atoms with Gasteiger partial charge in [-0.25, -0.2) is 17.9 Å². The molecular formula is C21H22Cl2N2O5S. The van der Waals surface area contributed by atoms with Crippen molar-refractivity contribution in [2.45, 2.75) is 49.8 Å². The third kappa shape index (κ3) is 6.20. The molecule has 1 aliphatic rings. The number of carbonyl (C=O) groups excluding carboxylic acids is 2. The molecule has 0 bridgehead atoms. The van der Waals surface area contributed by atoms with Crippen LogP contribution in [0.2, 0.25) is 10.0 Å². The molecule has 2 unspecified atom stereocenters. The predicted octanol–water partition coefficient (Wildman–Crippen LogP) is 3.86. The molecule has 1 amide bonds. The van der Waals surface area contributed by atoms with Gasteiger partial charge in [0.05, 0.1) is 16.5 Å². The van der Waals surface area contributed by atoms with Gasteiger partial charge in [0.15, 0.2) is 6.10 Å². The fraction of sp³-hybridized carbons (Fsp3) is 0.333. The number of carbonyl (C=O) groups is 2. The number of esters is 1. The van der Waals surface area contributed by atoms with Gasteiger partial charge in [0, 0.05) is 16.1 Å². The minimum atomic E-state index is -3.71. The molecular weight excluding hydrogens is 463 g/mol. The second kappa shape index (κ2) is 9.56. The molecule has 3 rings (SSSR count). The summed E-state index contributed by atoms with van der Waals surface area (Å²) in [4.78, 5) is 24.9. The molecule has 1 fully saturated rings. The SMILES string of the molecule is CC(OC(=O)c1cccc(S(=O)(=O)NC2CC2)c1)C(=O)NC(C)c1ccc(Cl)cc1Cl. The first-order valence-corrected chi connectivity index (χ1v) is 11.9. The Morgan fingerprint density at radius 1 is 1.10 bits per heavy atom. The van der Waals surface area contributed by atoms with Crippen LogP contribution in [0.5, 0.6) is 0 Å². The van der Waals surface area contributed by atoms with Crippen LogP contribution < -0.4 is 10.0 Å². The summed E-state index contributed by atoms with van der Waals surface area (Å²) < 4.78 is 32.5. The summed E-state index contributed by atoms with van der Waals surface area (Å²) in [6.45, 7) is 3.17. The normalized spacial score (nSPS) is 15.7. The van der Waals surface area contributed by atoms with Crippen molar-refractivity contribution < 1.29 is 22.7 Å². The lowest BCUT2D eigenvalue weighted by molar-refractivity contribution is -0.129. The Bertz CT molecular complexity index is 1100. The average Bonchev–Trinajstić information content (AvgIpc) is 3.51. The number of sulfonamides is 1. The second-order valence-corrected chi connectivity index (χ2v) is 9.92. The van der Waals surface area contributed by atoms with Crippen molar-refractivity contribution in [1.82, 2.24) is 10.0 Å². The monoisotopic (exact) mass is 484 g/mol. The van der Waals surface area contributed by atoms with Gasteiger partial charge in [-0.05, 0) is 62.6 Å². The Morgan fingerprint density at radius 3 is 2.45 bits per heavy atom. The van der Waals surface area contributed by atoms with E-state index in [0.29, 0.717) is 15.6 Å². The third-order valence-electron chi connectivity index (χ3n) is 4.72. The van der Waals surface area contributed by atoms with Crippen molar-refractivity contribution >= 4 is 45.1 Å². The molecule has 0 heterocycles. The summed E-state index contributed by atoms with van der Waals surface area (Å²) in [6.07, 6.45) is 0.492. The maximum atomic E-state index is 12.5. The summed E-state index contributed by atoms with van der Waals surface area (Å²) in [6, 6.07) is 9.95.